The van der Waals surface area contributed by atoms with Gasteiger partial charge in [-0.3, -0.25) is 14.5 Å². The summed E-state index contributed by atoms with van der Waals surface area (Å²) in [6.45, 7) is 13.1. The molecule has 1 atom stereocenters. The van der Waals surface area contributed by atoms with E-state index in [2.05, 4.69) is 64.6 Å². The SMILES string of the molecule is C=CC(=O)N1CCN(c2nc(OCC3CCCN3CCC(=O)O)nc3c2CCN(c2cccc4cccc(C)c24)C3)CC1.CC#N. The lowest BCUT2D eigenvalue weighted by Crippen LogP contribution is -2.49. The van der Waals surface area contributed by atoms with E-state index in [0.717, 1.165) is 49.4 Å². The van der Waals surface area contributed by atoms with Gasteiger partial charge in [-0.1, -0.05) is 36.9 Å². The number of rotatable bonds is 9. The van der Waals surface area contributed by atoms with Crippen LogP contribution in [-0.2, 0) is 22.6 Å². The first kappa shape index (κ1) is 32.7. The molecule has 1 unspecified atom stereocenters. The van der Waals surface area contributed by atoms with Crippen molar-refractivity contribution in [1.29, 1.82) is 5.26 Å². The van der Waals surface area contributed by atoms with E-state index in [1.54, 1.807) is 6.07 Å². The molecule has 1 aromatic heterocycles. The zero-order valence-corrected chi connectivity index (χ0v) is 26.8. The topological polar surface area (TPSA) is 126 Å². The van der Waals surface area contributed by atoms with Gasteiger partial charge in [0.15, 0.2) is 0 Å². The molecule has 0 spiro atoms. The average Bonchev–Trinajstić information content (AvgIpc) is 3.53. The maximum atomic E-state index is 12.2. The van der Waals surface area contributed by atoms with Crippen molar-refractivity contribution in [2.75, 3.05) is 62.2 Å². The summed E-state index contributed by atoms with van der Waals surface area (Å²) in [4.78, 5) is 42.0. The van der Waals surface area contributed by atoms with Crippen LogP contribution < -0.4 is 14.5 Å². The number of fused-ring (bicyclic) bond motifs is 2. The lowest BCUT2D eigenvalue weighted by molar-refractivity contribution is -0.137. The molecule has 242 valence electrons. The molecule has 2 fully saturated rings. The molecule has 1 N–H and O–H groups in total. The number of carbonyl (C=O) groups is 2. The molecule has 0 saturated carbocycles. The Morgan fingerprint density at radius 2 is 1.83 bits per heavy atom. The van der Waals surface area contributed by atoms with Gasteiger partial charge in [0.25, 0.3) is 0 Å². The molecule has 0 aliphatic carbocycles. The highest BCUT2D eigenvalue weighted by molar-refractivity contribution is 5.97. The molecule has 11 nitrogen and oxygen atoms in total. The van der Waals surface area contributed by atoms with Crippen LogP contribution in [0.1, 0.15) is 43.0 Å². The van der Waals surface area contributed by atoms with E-state index in [9.17, 15) is 9.59 Å². The van der Waals surface area contributed by atoms with Gasteiger partial charge in [-0.05, 0) is 55.8 Å². The maximum Gasteiger partial charge on any atom is 0.318 e. The first-order chi connectivity index (χ1) is 22.3. The van der Waals surface area contributed by atoms with Gasteiger partial charge in [0.05, 0.1) is 24.7 Å². The lowest BCUT2D eigenvalue weighted by Gasteiger charge is -2.38. The van der Waals surface area contributed by atoms with E-state index in [1.165, 1.54) is 35.0 Å². The highest BCUT2D eigenvalue weighted by Gasteiger charge is 2.30. The quantitative estimate of drug-likeness (QED) is 0.346. The normalized spacial score (nSPS) is 17.9. The number of carbonyl (C=O) groups excluding carboxylic acids is 1. The van der Waals surface area contributed by atoms with Gasteiger partial charge >= 0.3 is 12.0 Å². The Labute approximate surface area is 270 Å². The predicted molar refractivity (Wildman–Crippen MR) is 178 cm³/mol. The predicted octanol–water partition coefficient (Wildman–Crippen LogP) is 4.18. The summed E-state index contributed by atoms with van der Waals surface area (Å²) in [6, 6.07) is 15.2. The second-order valence-electron chi connectivity index (χ2n) is 11.9. The van der Waals surface area contributed by atoms with Crippen molar-refractivity contribution >= 4 is 34.2 Å². The minimum absolute atomic E-state index is 0.0431. The second-order valence-corrected chi connectivity index (χ2v) is 11.9. The van der Waals surface area contributed by atoms with Crippen molar-refractivity contribution in [3.63, 3.8) is 0 Å². The minimum Gasteiger partial charge on any atom is -0.481 e. The van der Waals surface area contributed by atoms with Gasteiger partial charge in [-0.2, -0.15) is 15.2 Å². The molecule has 3 aromatic rings. The van der Waals surface area contributed by atoms with Gasteiger partial charge in [-0.15, -0.1) is 0 Å². The Hall–Kier alpha value is -4.69. The van der Waals surface area contributed by atoms with Crippen LogP contribution in [0.2, 0.25) is 0 Å². The number of amides is 1. The Morgan fingerprint density at radius 3 is 2.54 bits per heavy atom. The number of piperazine rings is 1. The van der Waals surface area contributed by atoms with Crippen LogP contribution in [0.5, 0.6) is 6.01 Å². The van der Waals surface area contributed by atoms with Crippen LogP contribution in [0.4, 0.5) is 11.5 Å². The van der Waals surface area contributed by atoms with Crippen molar-refractivity contribution < 1.29 is 19.4 Å². The van der Waals surface area contributed by atoms with Crippen molar-refractivity contribution in [3.8, 4) is 12.1 Å². The molecular formula is C35H43N7O4. The van der Waals surface area contributed by atoms with E-state index in [4.69, 9.17) is 25.1 Å². The first-order valence-electron chi connectivity index (χ1n) is 16.0. The monoisotopic (exact) mass is 625 g/mol. The fourth-order valence-electron chi connectivity index (χ4n) is 6.75. The number of nitrogens with zero attached hydrogens (tertiary/aromatic N) is 7. The van der Waals surface area contributed by atoms with Gasteiger partial charge in [-0.25, -0.2) is 0 Å². The fourth-order valence-corrected chi connectivity index (χ4v) is 6.75. The summed E-state index contributed by atoms with van der Waals surface area (Å²) in [5.41, 5.74) is 4.58. The molecule has 11 heteroatoms. The van der Waals surface area contributed by atoms with Crippen LogP contribution in [0.3, 0.4) is 0 Å². The van der Waals surface area contributed by atoms with Crippen molar-refractivity contribution in [2.45, 2.75) is 52.1 Å². The van der Waals surface area contributed by atoms with Gasteiger partial charge in [0.2, 0.25) is 5.91 Å². The molecule has 2 saturated heterocycles. The Balaban J connectivity index is 0.00000134. The molecule has 3 aliphatic rings. The largest absolute Gasteiger partial charge is 0.481 e. The van der Waals surface area contributed by atoms with E-state index < -0.39 is 5.97 Å². The summed E-state index contributed by atoms with van der Waals surface area (Å²) in [7, 11) is 0. The summed E-state index contributed by atoms with van der Waals surface area (Å²) in [6.07, 6.45) is 4.30. The highest BCUT2D eigenvalue weighted by atomic mass is 16.5. The van der Waals surface area contributed by atoms with E-state index in [1.807, 2.05) is 4.90 Å². The standard InChI is InChI=1S/C33H40N6O4.C2H3N/c1-3-29(40)37-17-19-38(20-18-37)32-26-12-15-39(28-11-5-9-24-8-4-7-23(2)31(24)28)21-27(26)34-33(35-32)43-22-25-10-6-14-36(25)16-13-30(41)42;1-2-3/h3-5,7-9,11,25H,1,6,10,12-22H2,2H3,(H,41,42);1H3. The van der Waals surface area contributed by atoms with Crippen LogP contribution in [0.25, 0.3) is 10.8 Å². The number of hydrogen-bond acceptors (Lipinski definition) is 9. The van der Waals surface area contributed by atoms with Gasteiger partial charge < -0.3 is 24.5 Å². The van der Waals surface area contributed by atoms with Crippen LogP contribution in [-0.4, -0.2) is 95.2 Å². The van der Waals surface area contributed by atoms with Crippen molar-refractivity contribution in [2.24, 2.45) is 0 Å². The molecule has 0 bridgehead atoms. The number of ether oxygens (including phenoxy) is 1. The third kappa shape index (κ3) is 7.40. The van der Waals surface area contributed by atoms with E-state index in [0.29, 0.717) is 51.9 Å². The van der Waals surface area contributed by atoms with Crippen LogP contribution in [0, 0.1) is 18.3 Å². The number of hydrogen-bond donors (Lipinski definition) is 1. The molecule has 0 radical (unpaired) electrons. The number of benzene rings is 2. The summed E-state index contributed by atoms with van der Waals surface area (Å²) < 4.78 is 6.30. The number of nitriles is 1. The first-order valence-corrected chi connectivity index (χ1v) is 16.0. The number of carboxylic acids is 1. The Bertz CT molecular complexity index is 1610. The van der Waals surface area contributed by atoms with Crippen molar-refractivity contribution in [1.82, 2.24) is 19.8 Å². The van der Waals surface area contributed by atoms with Crippen LogP contribution >= 0.6 is 0 Å². The number of aromatic nitrogens is 2. The third-order valence-electron chi connectivity index (χ3n) is 9.04. The molecular weight excluding hydrogens is 582 g/mol. The number of anilines is 2. The summed E-state index contributed by atoms with van der Waals surface area (Å²) in [5, 5.41) is 19.0. The number of aliphatic carboxylic acids is 1. The number of aryl methyl sites for hydroxylation is 1. The lowest BCUT2D eigenvalue weighted by atomic mass is 9.99. The highest BCUT2D eigenvalue weighted by Crippen LogP contribution is 2.35. The second kappa shape index (κ2) is 15.1. The zero-order valence-electron chi connectivity index (χ0n) is 26.8. The molecule has 2 aromatic carbocycles. The van der Waals surface area contributed by atoms with Crippen molar-refractivity contribution in [3.05, 3.63) is 65.9 Å². The van der Waals surface area contributed by atoms with E-state index >= 15 is 0 Å². The van der Waals surface area contributed by atoms with Crippen LogP contribution in [0.15, 0.2) is 49.1 Å². The molecule has 3 aliphatic heterocycles. The third-order valence-corrected chi connectivity index (χ3v) is 9.04. The zero-order chi connectivity index (χ0) is 32.6. The molecule has 4 heterocycles. The molecule has 46 heavy (non-hydrogen) atoms. The minimum atomic E-state index is -0.782. The van der Waals surface area contributed by atoms with Gasteiger partial charge in [0.1, 0.15) is 12.4 Å². The fraction of sp³-hybridized carbons (Fsp3) is 0.457. The smallest absolute Gasteiger partial charge is 0.318 e. The maximum absolute atomic E-state index is 12.2. The van der Waals surface area contributed by atoms with Gasteiger partial charge in [0, 0.05) is 68.9 Å². The molecule has 6 rings (SSSR count). The Kier molecular flexibility index (Phi) is 10.7. The average molecular weight is 626 g/mol. The number of carboxylic acid groups (broad SMARTS) is 1. The van der Waals surface area contributed by atoms with E-state index in [-0.39, 0.29) is 18.4 Å². The summed E-state index contributed by atoms with van der Waals surface area (Å²) >= 11 is 0. The molecule has 1 amide bonds. The summed E-state index contributed by atoms with van der Waals surface area (Å²) in [5.74, 6) is 0.0714. The Morgan fingerprint density at radius 1 is 1.09 bits per heavy atom. The number of likely N-dealkylation sites (tertiary alicyclic amines) is 1.